The van der Waals surface area contributed by atoms with Crippen molar-refractivity contribution in [1.82, 2.24) is 5.31 Å². The smallest absolute Gasteiger partial charge is 0.122 e. The van der Waals surface area contributed by atoms with Crippen LogP contribution >= 0.6 is 0 Å². The zero-order chi connectivity index (χ0) is 6.32. The van der Waals surface area contributed by atoms with Gasteiger partial charge in [0.1, 0.15) is 1.41 Å². The highest BCUT2D eigenvalue weighted by Crippen LogP contribution is 2.40. The second-order valence-corrected chi connectivity index (χ2v) is 3.25. The van der Waals surface area contributed by atoms with Crippen LogP contribution in [0.3, 0.4) is 0 Å². The monoisotopic (exact) mass is 112 g/mol. The van der Waals surface area contributed by atoms with Gasteiger partial charge in [0.15, 0.2) is 0 Å². The van der Waals surface area contributed by atoms with Gasteiger partial charge in [-0.25, -0.2) is 0 Å². The van der Waals surface area contributed by atoms with Crippen LogP contribution in [0.5, 0.6) is 0 Å². The molecule has 0 aromatic carbocycles. The summed E-state index contributed by atoms with van der Waals surface area (Å²) < 4.78 is 7.24. The van der Waals surface area contributed by atoms with Crippen molar-refractivity contribution in [2.75, 3.05) is 13.1 Å². The van der Waals surface area contributed by atoms with Gasteiger partial charge in [-0.3, -0.25) is 0 Å². The Kier molecular flexibility index (Phi) is 0.715. The van der Waals surface area contributed by atoms with Crippen LogP contribution < -0.4 is 5.31 Å². The maximum Gasteiger partial charge on any atom is 0.122 e. The molecule has 1 N–H and O–H groups in total. The summed E-state index contributed by atoms with van der Waals surface area (Å²) >= 11 is 0. The molecular formula is C7H13N. The van der Waals surface area contributed by atoms with Crippen molar-refractivity contribution in [2.24, 2.45) is 5.41 Å². The third-order valence-electron chi connectivity index (χ3n) is 2.56. The van der Waals surface area contributed by atoms with Crippen LogP contribution in [0.15, 0.2) is 0 Å². The molecule has 2 aliphatic rings. The normalized spacial score (nSPS) is 37.2. The second-order valence-electron chi connectivity index (χ2n) is 3.25. The fraction of sp³-hybridized carbons (Fsp3) is 1.00. The van der Waals surface area contributed by atoms with Crippen LogP contribution in [0, 0.1) is 5.41 Å². The average molecular weight is 112 g/mol. The quantitative estimate of drug-likeness (QED) is 0.495. The minimum Gasteiger partial charge on any atom is -0.316 e. The summed E-state index contributed by atoms with van der Waals surface area (Å²) in [7, 11) is 0. The van der Waals surface area contributed by atoms with Gasteiger partial charge in [-0.05, 0) is 18.3 Å². The van der Waals surface area contributed by atoms with Gasteiger partial charge in [0.05, 0.1) is 0 Å². The van der Waals surface area contributed by atoms with Crippen LogP contribution in [0.2, 0.25) is 1.41 Å². The third-order valence-corrected chi connectivity index (χ3v) is 2.56. The zero-order valence-electron chi connectivity index (χ0n) is 6.19. The topological polar surface area (TPSA) is 12.0 Å². The van der Waals surface area contributed by atoms with E-state index in [1.807, 2.05) is 0 Å². The standard InChI is InChI=1S/C7H13N/c1-2-4-7(3-1)5-8-6-7/h8H,1-6H2/i/hD. The lowest BCUT2D eigenvalue weighted by atomic mass is 9.80. The largest absolute Gasteiger partial charge is 0.316 e. The van der Waals surface area contributed by atoms with Crippen LogP contribution in [-0.4, -0.2) is 13.1 Å². The fourth-order valence-electron chi connectivity index (χ4n) is 1.87. The van der Waals surface area contributed by atoms with Gasteiger partial charge in [0.25, 0.3) is 0 Å². The minimum absolute atomic E-state index is 0.627. The van der Waals surface area contributed by atoms with Gasteiger partial charge in [-0.1, -0.05) is 12.8 Å². The Hall–Kier alpha value is -0.0400. The van der Waals surface area contributed by atoms with Crippen LogP contribution in [-0.2, 0) is 0 Å². The molecule has 0 radical (unpaired) electrons. The van der Waals surface area contributed by atoms with E-state index in [2.05, 4.69) is 0 Å². The van der Waals surface area contributed by atoms with Gasteiger partial charge in [-0.2, -0.15) is 0 Å². The van der Waals surface area contributed by atoms with Crippen molar-refractivity contribution < 1.29 is 1.41 Å². The molecule has 0 amide bonds. The number of hydrogen-bond acceptors (Lipinski definition) is 1. The van der Waals surface area contributed by atoms with Crippen molar-refractivity contribution in [1.29, 1.82) is 0 Å². The Bertz CT molecular complexity index is 110. The minimum atomic E-state index is 0.627. The maximum absolute atomic E-state index is 7.24. The first-order chi connectivity index (χ1) is 4.31. The van der Waals surface area contributed by atoms with Crippen molar-refractivity contribution in [3.8, 4) is 0 Å². The van der Waals surface area contributed by atoms with E-state index in [0.29, 0.717) is 5.41 Å². The zero-order valence-corrected chi connectivity index (χ0v) is 5.19. The Morgan fingerprint density at radius 3 is 2.38 bits per heavy atom. The van der Waals surface area contributed by atoms with E-state index in [1.54, 1.807) is 5.31 Å². The molecule has 0 bridgehead atoms. The molecule has 1 aliphatic heterocycles. The van der Waals surface area contributed by atoms with E-state index in [1.165, 1.54) is 25.7 Å². The van der Waals surface area contributed by atoms with Gasteiger partial charge in [0, 0.05) is 13.1 Å². The molecule has 1 saturated heterocycles. The summed E-state index contributed by atoms with van der Waals surface area (Å²) in [4.78, 5) is 0. The number of hydrogen-bond donors (Lipinski definition) is 1. The molecule has 46 valence electrons. The molecular weight excluding hydrogens is 98.1 g/mol. The summed E-state index contributed by atoms with van der Waals surface area (Å²) in [6.45, 7) is 2.10. The van der Waals surface area contributed by atoms with E-state index < -0.39 is 0 Å². The molecule has 1 heterocycles. The number of nitrogens with one attached hydrogen (secondary N) is 1. The Morgan fingerprint density at radius 2 is 1.88 bits per heavy atom. The Morgan fingerprint density at radius 1 is 1.25 bits per heavy atom. The summed E-state index contributed by atoms with van der Waals surface area (Å²) in [5.41, 5.74) is 0.627. The first-order valence-electron chi connectivity index (χ1n) is 3.99. The molecule has 0 unspecified atom stereocenters. The van der Waals surface area contributed by atoms with Crippen LogP contribution in [0.25, 0.3) is 0 Å². The Balaban J connectivity index is 1.95. The highest BCUT2D eigenvalue weighted by Gasteiger charge is 2.38. The lowest BCUT2D eigenvalue weighted by Crippen LogP contribution is -2.51. The molecule has 1 spiro atoms. The van der Waals surface area contributed by atoms with E-state index in [9.17, 15) is 0 Å². The van der Waals surface area contributed by atoms with Crippen molar-refractivity contribution in [3.05, 3.63) is 0 Å². The third kappa shape index (κ3) is 0.510. The molecule has 2 fully saturated rings. The van der Waals surface area contributed by atoms with E-state index in [0.717, 1.165) is 13.1 Å². The molecule has 8 heavy (non-hydrogen) atoms. The first kappa shape index (κ1) is 3.89. The predicted molar refractivity (Wildman–Crippen MR) is 33.8 cm³/mol. The molecule has 0 atom stereocenters. The molecule has 0 aromatic rings. The van der Waals surface area contributed by atoms with E-state index in [-0.39, 0.29) is 0 Å². The molecule has 1 nitrogen and oxygen atoms in total. The van der Waals surface area contributed by atoms with Crippen LogP contribution in [0.1, 0.15) is 25.7 Å². The van der Waals surface area contributed by atoms with Gasteiger partial charge in [-0.15, -0.1) is 0 Å². The SMILES string of the molecule is [2H]N1CC2(CCCC2)C1. The van der Waals surface area contributed by atoms with Crippen molar-refractivity contribution >= 4 is 0 Å². The number of rotatable bonds is 0. The van der Waals surface area contributed by atoms with E-state index >= 15 is 0 Å². The van der Waals surface area contributed by atoms with Gasteiger partial charge >= 0.3 is 0 Å². The van der Waals surface area contributed by atoms with Crippen molar-refractivity contribution in [3.63, 3.8) is 0 Å². The lowest BCUT2D eigenvalue weighted by molar-refractivity contribution is 0.178. The van der Waals surface area contributed by atoms with Gasteiger partial charge in [0.2, 0.25) is 0 Å². The lowest BCUT2D eigenvalue weighted by Gasteiger charge is -2.39. The highest BCUT2D eigenvalue weighted by atomic mass is 15.0. The molecule has 2 rings (SSSR count). The summed E-state index contributed by atoms with van der Waals surface area (Å²) in [5.74, 6) is 0. The fourth-order valence-corrected chi connectivity index (χ4v) is 1.87. The van der Waals surface area contributed by atoms with E-state index in [4.69, 9.17) is 1.41 Å². The van der Waals surface area contributed by atoms with Gasteiger partial charge < -0.3 is 5.31 Å². The summed E-state index contributed by atoms with van der Waals surface area (Å²) in [5, 5.41) is 1.69. The summed E-state index contributed by atoms with van der Waals surface area (Å²) in [6.07, 6.45) is 5.60. The van der Waals surface area contributed by atoms with Crippen molar-refractivity contribution in [2.45, 2.75) is 25.7 Å². The summed E-state index contributed by atoms with van der Waals surface area (Å²) in [6, 6.07) is 0. The van der Waals surface area contributed by atoms with Crippen LogP contribution in [0.4, 0.5) is 0 Å². The second kappa shape index (κ2) is 1.47. The Labute approximate surface area is 51.9 Å². The molecule has 1 saturated carbocycles. The first-order valence-corrected chi connectivity index (χ1v) is 3.55. The average Bonchev–Trinajstić information content (AvgIpc) is 2.12. The maximum atomic E-state index is 7.24. The highest BCUT2D eigenvalue weighted by molar-refractivity contribution is 4.95. The molecule has 1 aliphatic carbocycles. The molecule has 0 aromatic heterocycles. The molecule has 1 heteroatoms. The predicted octanol–water partition coefficient (Wildman–Crippen LogP) is 1.15.